The molecule has 3 nitrogen and oxygen atoms in total. The van der Waals surface area contributed by atoms with Crippen LogP contribution in [0.15, 0.2) is 24.5 Å². The highest BCUT2D eigenvalue weighted by molar-refractivity contribution is 5.78. The second-order valence-electron chi connectivity index (χ2n) is 5.31. The van der Waals surface area contributed by atoms with Crippen LogP contribution >= 0.6 is 0 Å². The van der Waals surface area contributed by atoms with Gasteiger partial charge >= 0.3 is 0 Å². The summed E-state index contributed by atoms with van der Waals surface area (Å²) in [4.78, 5) is 4.43. The van der Waals surface area contributed by atoms with Crippen LogP contribution in [0.25, 0.3) is 11.0 Å². The molecule has 1 heterocycles. The van der Waals surface area contributed by atoms with Gasteiger partial charge in [0.25, 0.3) is 0 Å². The van der Waals surface area contributed by atoms with Gasteiger partial charge in [0.2, 0.25) is 0 Å². The number of hydrogen-bond acceptors (Lipinski definition) is 2. The van der Waals surface area contributed by atoms with Gasteiger partial charge in [0, 0.05) is 12.2 Å². The number of imidazole rings is 1. The van der Waals surface area contributed by atoms with Crippen LogP contribution in [0.2, 0.25) is 0 Å². The van der Waals surface area contributed by atoms with Crippen molar-refractivity contribution < 1.29 is 0 Å². The standard InChI is InChI=1S/C14H19N3/c1-10-3-2-4-11(10)8-17-9-16-13-7-12(15)5-6-14(13)17/h5-7,9-11H,2-4,8,15H2,1H3. The Bertz CT molecular complexity index is 529. The van der Waals surface area contributed by atoms with E-state index in [4.69, 9.17) is 5.73 Å². The highest BCUT2D eigenvalue weighted by Gasteiger charge is 2.23. The molecule has 1 aromatic carbocycles. The molecule has 0 radical (unpaired) electrons. The lowest BCUT2D eigenvalue weighted by Gasteiger charge is -2.16. The fourth-order valence-electron chi connectivity index (χ4n) is 2.97. The molecule has 1 aliphatic carbocycles. The lowest BCUT2D eigenvalue weighted by molar-refractivity contribution is 0.368. The van der Waals surface area contributed by atoms with Gasteiger partial charge in [-0.25, -0.2) is 4.98 Å². The van der Waals surface area contributed by atoms with Gasteiger partial charge in [-0.15, -0.1) is 0 Å². The Morgan fingerprint density at radius 3 is 3.06 bits per heavy atom. The predicted octanol–water partition coefficient (Wildman–Crippen LogP) is 3.05. The van der Waals surface area contributed by atoms with Crippen LogP contribution in [-0.2, 0) is 6.54 Å². The maximum atomic E-state index is 5.77. The van der Waals surface area contributed by atoms with E-state index in [0.29, 0.717) is 0 Å². The van der Waals surface area contributed by atoms with Crippen LogP contribution in [-0.4, -0.2) is 9.55 Å². The molecule has 3 rings (SSSR count). The summed E-state index contributed by atoms with van der Waals surface area (Å²) >= 11 is 0. The van der Waals surface area contributed by atoms with Gasteiger partial charge in [-0.3, -0.25) is 0 Å². The largest absolute Gasteiger partial charge is 0.399 e. The van der Waals surface area contributed by atoms with Crippen molar-refractivity contribution in [1.29, 1.82) is 0 Å². The summed E-state index contributed by atoms with van der Waals surface area (Å²) in [7, 11) is 0. The molecule has 0 spiro atoms. The zero-order chi connectivity index (χ0) is 11.8. The molecule has 0 amide bonds. The van der Waals surface area contributed by atoms with Crippen LogP contribution in [0.1, 0.15) is 26.2 Å². The quantitative estimate of drug-likeness (QED) is 0.804. The second kappa shape index (κ2) is 4.06. The molecule has 17 heavy (non-hydrogen) atoms. The summed E-state index contributed by atoms with van der Waals surface area (Å²) in [5, 5.41) is 0. The van der Waals surface area contributed by atoms with Crippen molar-refractivity contribution in [2.24, 2.45) is 11.8 Å². The van der Waals surface area contributed by atoms with Gasteiger partial charge in [-0.05, 0) is 36.5 Å². The average molecular weight is 229 g/mol. The minimum absolute atomic E-state index is 0.789. The van der Waals surface area contributed by atoms with E-state index in [1.165, 1.54) is 24.8 Å². The molecular weight excluding hydrogens is 210 g/mol. The summed E-state index contributed by atoms with van der Waals surface area (Å²) in [6.07, 6.45) is 6.07. The summed E-state index contributed by atoms with van der Waals surface area (Å²) in [5.41, 5.74) is 8.78. The highest BCUT2D eigenvalue weighted by Crippen LogP contribution is 2.33. The first-order valence-corrected chi connectivity index (χ1v) is 6.44. The van der Waals surface area contributed by atoms with E-state index in [1.807, 2.05) is 18.5 Å². The molecule has 1 aromatic heterocycles. The van der Waals surface area contributed by atoms with Gasteiger partial charge in [0.05, 0.1) is 17.4 Å². The Kier molecular flexibility index (Phi) is 2.54. The molecule has 2 atom stereocenters. The summed E-state index contributed by atoms with van der Waals surface area (Å²) < 4.78 is 2.28. The van der Waals surface area contributed by atoms with Gasteiger partial charge in [-0.1, -0.05) is 19.8 Å². The van der Waals surface area contributed by atoms with Crippen LogP contribution < -0.4 is 5.73 Å². The van der Waals surface area contributed by atoms with E-state index < -0.39 is 0 Å². The third-order valence-electron chi connectivity index (χ3n) is 4.12. The van der Waals surface area contributed by atoms with Crippen molar-refractivity contribution in [2.45, 2.75) is 32.7 Å². The summed E-state index contributed by atoms with van der Waals surface area (Å²) in [5.74, 6) is 1.66. The zero-order valence-corrected chi connectivity index (χ0v) is 10.3. The lowest BCUT2D eigenvalue weighted by atomic mass is 9.98. The summed E-state index contributed by atoms with van der Waals surface area (Å²) in [6.45, 7) is 3.47. The maximum Gasteiger partial charge on any atom is 0.0958 e. The first-order chi connectivity index (χ1) is 8.24. The van der Waals surface area contributed by atoms with Gasteiger partial charge < -0.3 is 10.3 Å². The van der Waals surface area contributed by atoms with Crippen LogP contribution in [0.4, 0.5) is 5.69 Å². The van der Waals surface area contributed by atoms with Crippen LogP contribution in [0.3, 0.4) is 0 Å². The van der Waals surface area contributed by atoms with E-state index in [1.54, 1.807) is 0 Å². The molecule has 1 fully saturated rings. The Morgan fingerprint density at radius 2 is 2.29 bits per heavy atom. The van der Waals surface area contributed by atoms with Crippen molar-refractivity contribution in [1.82, 2.24) is 9.55 Å². The SMILES string of the molecule is CC1CCCC1Cn1cnc2cc(N)ccc21. The Labute approximate surface area is 102 Å². The predicted molar refractivity (Wildman–Crippen MR) is 70.7 cm³/mol. The summed E-state index contributed by atoms with van der Waals surface area (Å²) in [6, 6.07) is 5.99. The Balaban J connectivity index is 1.90. The number of nitrogen functional groups attached to an aromatic ring is 1. The van der Waals surface area contributed by atoms with Crippen molar-refractivity contribution in [2.75, 3.05) is 5.73 Å². The molecule has 2 aromatic rings. The third kappa shape index (κ3) is 1.90. The van der Waals surface area contributed by atoms with E-state index in [2.05, 4.69) is 22.5 Å². The van der Waals surface area contributed by atoms with E-state index in [9.17, 15) is 0 Å². The second-order valence-corrected chi connectivity index (χ2v) is 5.31. The Hall–Kier alpha value is -1.51. The number of nitrogens with zero attached hydrogens (tertiary/aromatic N) is 2. The lowest BCUT2D eigenvalue weighted by Crippen LogP contribution is -2.12. The average Bonchev–Trinajstić information content (AvgIpc) is 2.87. The number of nitrogens with two attached hydrogens (primary N) is 1. The van der Waals surface area contributed by atoms with Gasteiger partial charge in [0.1, 0.15) is 0 Å². The van der Waals surface area contributed by atoms with E-state index in [-0.39, 0.29) is 0 Å². The smallest absolute Gasteiger partial charge is 0.0958 e. The normalized spacial score (nSPS) is 24.5. The molecule has 1 saturated carbocycles. The number of anilines is 1. The molecular formula is C14H19N3. The van der Waals surface area contributed by atoms with Crippen molar-refractivity contribution >= 4 is 16.7 Å². The monoisotopic (exact) mass is 229 g/mol. The van der Waals surface area contributed by atoms with E-state index >= 15 is 0 Å². The van der Waals surface area contributed by atoms with Crippen LogP contribution in [0, 0.1) is 11.8 Å². The molecule has 90 valence electrons. The molecule has 2 N–H and O–H groups in total. The van der Waals surface area contributed by atoms with E-state index in [0.717, 1.165) is 29.6 Å². The number of rotatable bonds is 2. The molecule has 0 saturated heterocycles. The van der Waals surface area contributed by atoms with Gasteiger partial charge in [-0.2, -0.15) is 0 Å². The topological polar surface area (TPSA) is 43.8 Å². The molecule has 1 aliphatic rings. The van der Waals surface area contributed by atoms with Crippen molar-refractivity contribution in [3.8, 4) is 0 Å². The van der Waals surface area contributed by atoms with Crippen LogP contribution in [0.5, 0.6) is 0 Å². The minimum atomic E-state index is 0.789. The third-order valence-corrected chi connectivity index (χ3v) is 4.12. The van der Waals surface area contributed by atoms with Gasteiger partial charge in [0.15, 0.2) is 0 Å². The fraction of sp³-hybridized carbons (Fsp3) is 0.500. The number of hydrogen-bond donors (Lipinski definition) is 1. The molecule has 0 bridgehead atoms. The zero-order valence-electron chi connectivity index (χ0n) is 10.3. The first-order valence-electron chi connectivity index (χ1n) is 6.44. The molecule has 0 aliphatic heterocycles. The maximum absolute atomic E-state index is 5.77. The number of fused-ring (bicyclic) bond motifs is 1. The molecule has 3 heteroatoms. The molecule has 2 unspecified atom stereocenters. The number of benzene rings is 1. The van der Waals surface area contributed by atoms with Crippen molar-refractivity contribution in [3.05, 3.63) is 24.5 Å². The highest BCUT2D eigenvalue weighted by atomic mass is 15.0. The number of aromatic nitrogens is 2. The fourth-order valence-corrected chi connectivity index (χ4v) is 2.97. The minimum Gasteiger partial charge on any atom is -0.399 e. The first kappa shape index (κ1) is 10.6. The van der Waals surface area contributed by atoms with Crippen molar-refractivity contribution in [3.63, 3.8) is 0 Å². The Morgan fingerprint density at radius 1 is 1.41 bits per heavy atom.